The molecule has 56 valence electrons. The molecule has 0 aliphatic carbocycles. The Balaban J connectivity index is 2.86. The average Bonchev–Trinajstić information content (AvgIpc) is 2.36. The summed E-state index contributed by atoms with van der Waals surface area (Å²) in [5, 5.41) is 9.90. The highest BCUT2D eigenvalue weighted by molar-refractivity contribution is 5.66. The highest BCUT2D eigenvalue weighted by Gasteiger charge is 2.03. The van der Waals surface area contributed by atoms with Crippen molar-refractivity contribution in [1.29, 1.82) is 0 Å². The smallest absolute Gasteiger partial charge is 0.222 e. The molecule has 0 aromatic carbocycles. The van der Waals surface area contributed by atoms with Crippen LogP contribution < -0.4 is 5.73 Å². The van der Waals surface area contributed by atoms with Crippen molar-refractivity contribution < 1.29 is 0 Å². The molecule has 0 radical (unpaired) electrons. The monoisotopic (exact) mass is 150 g/mol. The molecule has 0 atom stereocenters. The highest BCUT2D eigenvalue weighted by atomic mass is 15.4. The van der Waals surface area contributed by atoms with Crippen LogP contribution in [0.1, 0.15) is 5.69 Å². The van der Waals surface area contributed by atoms with Crippen LogP contribution in [0.3, 0.4) is 0 Å². The van der Waals surface area contributed by atoms with E-state index in [9.17, 15) is 0 Å². The molecule has 0 aliphatic rings. The maximum Gasteiger partial charge on any atom is 0.222 e. The summed E-state index contributed by atoms with van der Waals surface area (Å²) in [5.74, 6) is 0.395. The summed E-state index contributed by atoms with van der Waals surface area (Å²) in [5.41, 5.74) is 7.11. The summed E-state index contributed by atoms with van der Waals surface area (Å²) in [6.07, 6.45) is 0. The Morgan fingerprint density at radius 3 is 2.55 bits per heavy atom. The molecule has 0 fully saturated rings. The van der Waals surface area contributed by atoms with E-state index in [0.717, 1.165) is 0 Å². The molecule has 2 rings (SSSR count). The van der Waals surface area contributed by atoms with Crippen molar-refractivity contribution in [3.8, 4) is 0 Å². The number of nitrogens with zero attached hydrogens (tertiary/aromatic N) is 4. The Kier molecular flexibility index (Phi) is 1.03. The number of aromatic nitrogens is 5. The van der Waals surface area contributed by atoms with Crippen molar-refractivity contribution >= 4 is 17.1 Å². The van der Waals surface area contributed by atoms with E-state index in [-0.39, 0.29) is 0 Å². The van der Waals surface area contributed by atoms with Crippen molar-refractivity contribution in [3.05, 3.63) is 5.69 Å². The van der Waals surface area contributed by atoms with Gasteiger partial charge in [0.2, 0.25) is 11.3 Å². The molecular formula is C5H6N6. The molecule has 0 saturated carbocycles. The molecule has 11 heavy (non-hydrogen) atoms. The predicted octanol–water partition coefficient (Wildman–Crippen LogP) is -0.361. The van der Waals surface area contributed by atoms with Crippen molar-refractivity contribution in [2.75, 3.05) is 5.73 Å². The first kappa shape index (κ1) is 6.02. The molecule has 6 nitrogen and oxygen atoms in total. The molecule has 2 heterocycles. The first-order valence-corrected chi connectivity index (χ1v) is 3.08. The average molecular weight is 150 g/mol. The van der Waals surface area contributed by atoms with Gasteiger partial charge in [-0.15, -0.1) is 10.2 Å². The van der Waals surface area contributed by atoms with Crippen molar-refractivity contribution in [2.45, 2.75) is 6.92 Å². The summed E-state index contributed by atoms with van der Waals surface area (Å²) in [4.78, 5) is 7.99. The Morgan fingerprint density at radius 2 is 1.82 bits per heavy atom. The lowest BCUT2D eigenvalue weighted by atomic mass is 10.4. The number of nitrogens with one attached hydrogen (secondary N) is 1. The molecule has 6 heteroatoms. The number of anilines is 1. The van der Waals surface area contributed by atoms with Crippen LogP contribution in [0.25, 0.3) is 11.3 Å². The van der Waals surface area contributed by atoms with E-state index in [4.69, 9.17) is 5.73 Å². The zero-order chi connectivity index (χ0) is 7.84. The van der Waals surface area contributed by atoms with Gasteiger partial charge in [-0.3, -0.25) is 0 Å². The van der Waals surface area contributed by atoms with E-state index in [0.29, 0.717) is 22.8 Å². The number of aryl methyl sites for hydroxylation is 1. The molecule has 2 aromatic heterocycles. The number of H-pyrrole nitrogens is 1. The summed E-state index contributed by atoms with van der Waals surface area (Å²) in [6, 6.07) is 0. The third-order valence-corrected chi connectivity index (χ3v) is 1.38. The standard InChI is InChI=1S/C5H6N6/c1-2-3(6)8-5-4(7-2)9-11-10-5/h1H3,(H3,6,7,8,9,10,11). The highest BCUT2D eigenvalue weighted by Crippen LogP contribution is 2.07. The molecule has 2 aromatic rings. The Labute approximate surface area is 61.8 Å². The first-order chi connectivity index (χ1) is 5.27. The normalized spacial score (nSPS) is 10.6. The predicted molar refractivity (Wildman–Crippen MR) is 38.6 cm³/mol. The fraction of sp³-hybridized carbons (Fsp3) is 0.200. The molecule has 0 saturated heterocycles. The van der Waals surface area contributed by atoms with Gasteiger partial charge in [-0.2, -0.15) is 5.21 Å². The Morgan fingerprint density at radius 1 is 1.18 bits per heavy atom. The number of rotatable bonds is 0. The fourth-order valence-corrected chi connectivity index (χ4v) is 0.781. The van der Waals surface area contributed by atoms with Crippen LogP contribution in [-0.4, -0.2) is 25.4 Å². The zero-order valence-electron chi connectivity index (χ0n) is 5.87. The van der Waals surface area contributed by atoms with Crippen LogP contribution in [0.5, 0.6) is 0 Å². The third kappa shape index (κ3) is 0.794. The van der Waals surface area contributed by atoms with Crippen LogP contribution >= 0.6 is 0 Å². The second-order valence-corrected chi connectivity index (χ2v) is 2.17. The molecule has 3 N–H and O–H groups in total. The van der Waals surface area contributed by atoms with Gasteiger partial charge in [-0.1, -0.05) is 0 Å². The summed E-state index contributed by atoms with van der Waals surface area (Å²) in [7, 11) is 0. The maximum absolute atomic E-state index is 5.49. The summed E-state index contributed by atoms with van der Waals surface area (Å²) >= 11 is 0. The number of fused-ring (bicyclic) bond motifs is 1. The third-order valence-electron chi connectivity index (χ3n) is 1.38. The second-order valence-electron chi connectivity index (χ2n) is 2.17. The van der Waals surface area contributed by atoms with Crippen LogP contribution in [0.15, 0.2) is 0 Å². The Hall–Kier alpha value is -1.72. The van der Waals surface area contributed by atoms with E-state index in [1.807, 2.05) is 0 Å². The topological polar surface area (TPSA) is 93.4 Å². The van der Waals surface area contributed by atoms with Gasteiger partial charge in [0, 0.05) is 0 Å². The minimum absolute atomic E-state index is 0.395. The number of nitrogens with two attached hydrogens (primary N) is 1. The van der Waals surface area contributed by atoms with Gasteiger partial charge in [0.25, 0.3) is 0 Å². The van der Waals surface area contributed by atoms with Crippen LogP contribution in [0, 0.1) is 6.92 Å². The van der Waals surface area contributed by atoms with Crippen LogP contribution in [0.2, 0.25) is 0 Å². The van der Waals surface area contributed by atoms with Crippen LogP contribution in [-0.2, 0) is 0 Å². The quantitative estimate of drug-likeness (QED) is 0.534. The first-order valence-electron chi connectivity index (χ1n) is 3.08. The van der Waals surface area contributed by atoms with E-state index < -0.39 is 0 Å². The molecule has 0 unspecified atom stereocenters. The van der Waals surface area contributed by atoms with Gasteiger partial charge in [-0.05, 0) is 6.92 Å². The summed E-state index contributed by atoms with van der Waals surface area (Å²) in [6.45, 7) is 1.77. The lowest BCUT2D eigenvalue weighted by Crippen LogP contribution is -1.97. The summed E-state index contributed by atoms with van der Waals surface area (Å²) < 4.78 is 0. The molecular weight excluding hydrogens is 144 g/mol. The van der Waals surface area contributed by atoms with Gasteiger partial charge >= 0.3 is 0 Å². The SMILES string of the molecule is Cc1nc2n[nH]nc2nc1N. The van der Waals surface area contributed by atoms with Crippen molar-refractivity contribution in [2.24, 2.45) is 0 Å². The van der Waals surface area contributed by atoms with Gasteiger partial charge in [0.05, 0.1) is 5.69 Å². The van der Waals surface area contributed by atoms with E-state index in [2.05, 4.69) is 25.4 Å². The van der Waals surface area contributed by atoms with E-state index in [1.165, 1.54) is 0 Å². The molecule has 0 spiro atoms. The maximum atomic E-state index is 5.49. The van der Waals surface area contributed by atoms with E-state index in [1.54, 1.807) is 6.92 Å². The minimum atomic E-state index is 0.395. The number of nitrogen functional groups attached to an aromatic ring is 1. The lowest BCUT2D eigenvalue weighted by Gasteiger charge is -1.93. The second kappa shape index (κ2) is 1.88. The van der Waals surface area contributed by atoms with Gasteiger partial charge in [-0.25, -0.2) is 9.97 Å². The molecule has 0 bridgehead atoms. The number of hydrogen-bond donors (Lipinski definition) is 2. The van der Waals surface area contributed by atoms with Crippen molar-refractivity contribution in [3.63, 3.8) is 0 Å². The minimum Gasteiger partial charge on any atom is -0.382 e. The number of hydrogen-bond acceptors (Lipinski definition) is 5. The van der Waals surface area contributed by atoms with Gasteiger partial charge in [0.1, 0.15) is 5.82 Å². The number of aromatic amines is 1. The van der Waals surface area contributed by atoms with Gasteiger partial charge < -0.3 is 5.73 Å². The zero-order valence-corrected chi connectivity index (χ0v) is 5.87. The fourth-order valence-electron chi connectivity index (χ4n) is 0.781. The van der Waals surface area contributed by atoms with Gasteiger partial charge in [0.15, 0.2) is 0 Å². The van der Waals surface area contributed by atoms with E-state index >= 15 is 0 Å². The Bertz CT molecular complexity index is 355. The largest absolute Gasteiger partial charge is 0.382 e. The van der Waals surface area contributed by atoms with Crippen molar-refractivity contribution in [1.82, 2.24) is 25.4 Å². The molecule has 0 amide bonds. The lowest BCUT2D eigenvalue weighted by molar-refractivity contribution is 0.951. The molecule has 0 aliphatic heterocycles. The van der Waals surface area contributed by atoms with Crippen LogP contribution in [0.4, 0.5) is 5.82 Å².